The Hall–Kier alpha value is -2.10. The smallest absolute Gasteiger partial charge is 0.222 e. The van der Waals surface area contributed by atoms with E-state index in [4.69, 9.17) is 5.73 Å². The number of aryl methyl sites for hydroxylation is 2. The quantitative estimate of drug-likeness (QED) is 0.723. The molecule has 2 aromatic rings. The van der Waals surface area contributed by atoms with Crippen molar-refractivity contribution in [2.75, 3.05) is 17.6 Å². The third kappa shape index (κ3) is 5.55. The van der Waals surface area contributed by atoms with Gasteiger partial charge in [-0.05, 0) is 44.1 Å². The summed E-state index contributed by atoms with van der Waals surface area (Å²) in [6.07, 6.45) is 4.25. The second-order valence-electron chi connectivity index (χ2n) is 6.44. The fraction of sp³-hybridized carbons (Fsp3) is 0.474. The number of nitrogens with zero attached hydrogens (tertiary/aromatic N) is 2. The van der Waals surface area contributed by atoms with E-state index in [1.165, 1.54) is 11.1 Å². The van der Waals surface area contributed by atoms with Crippen molar-refractivity contribution in [2.45, 2.75) is 46.5 Å². The van der Waals surface area contributed by atoms with Gasteiger partial charge in [-0.15, -0.1) is 0 Å². The molecule has 0 atom stereocenters. The zero-order valence-electron chi connectivity index (χ0n) is 14.5. The fourth-order valence-electron chi connectivity index (χ4n) is 2.64. The van der Waals surface area contributed by atoms with Crippen molar-refractivity contribution in [1.82, 2.24) is 9.97 Å². The van der Waals surface area contributed by atoms with Gasteiger partial charge in [0.05, 0.1) is 0 Å². The van der Waals surface area contributed by atoms with E-state index < -0.39 is 0 Å². The monoisotopic (exact) mass is 312 g/mol. The Kier molecular flexibility index (Phi) is 6.39. The number of rotatable bonds is 8. The number of benzene rings is 1. The number of aromatic nitrogens is 2. The lowest BCUT2D eigenvalue weighted by atomic mass is 10.0. The van der Waals surface area contributed by atoms with Crippen LogP contribution in [-0.4, -0.2) is 16.5 Å². The van der Waals surface area contributed by atoms with Crippen LogP contribution < -0.4 is 11.1 Å². The minimum Gasteiger partial charge on any atom is -0.370 e. The van der Waals surface area contributed by atoms with E-state index in [0.29, 0.717) is 11.9 Å². The molecule has 1 aromatic heterocycles. The van der Waals surface area contributed by atoms with Crippen molar-refractivity contribution < 1.29 is 0 Å². The third-order valence-corrected chi connectivity index (χ3v) is 3.98. The van der Waals surface area contributed by atoms with Gasteiger partial charge in [0, 0.05) is 17.8 Å². The zero-order chi connectivity index (χ0) is 16.7. The van der Waals surface area contributed by atoms with E-state index in [1.54, 1.807) is 0 Å². The van der Waals surface area contributed by atoms with Gasteiger partial charge in [0.2, 0.25) is 5.95 Å². The van der Waals surface area contributed by atoms with Crippen LogP contribution in [0.3, 0.4) is 0 Å². The lowest BCUT2D eigenvalue weighted by Crippen LogP contribution is -2.12. The minimum atomic E-state index is 0.348. The molecule has 4 heteroatoms. The van der Waals surface area contributed by atoms with Crippen LogP contribution in [0.2, 0.25) is 0 Å². The molecular weight excluding hydrogens is 284 g/mol. The average molecular weight is 312 g/mol. The molecule has 0 saturated carbocycles. The zero-order valence-corrected chi connectivity index (χ0v) is 14.5. The first kappa shape index (κ1) is 17.3. The highest BCUT2D eigenvalue weighted by atomic mass is 15.1. The number of anilines is 2. The summed E-state index contributed by atoms with van der Waals surface area (Å²) in [4.78, 5) is 8.73. The highest BCUT2D eigenvalue weighted by Crippen LogP contribution is 2.21. The van der Waals surface area contributed by atoms with Crippen molar-refractivity contribution in [3.63, 3.8) is 0 Å². The van der Waals surface area contributed by atoms with Gasteiger partial charge < -0.3 is 11.1 Å². The van der Waals surface area contributed by atoms with Crippen LogP contribution in [0, 0.1) is 12.8 Å². The summed E-state index contributed by atoms with van der Waals surface area (Å²) in [6, 6.07) is 10.6. The molecule has 0 aliphatic carbocycles. The molecular formula is C19H28N4. The Morgan fingerprint density at radius 3 is 2.52 bits per heavy atom. The molecule has 4 nitrogen and oxygen atoms in total. The van der Waals surface area contributed by atoms with Gasteiger partial charge in [-0.1, -0.05) is 44.2 Å². The molecule has 0 aliphatic rings. The van der Waals surface area contributed by atoms with Crippen LogP contribution in [0.15, 0.2) is 30.3 Å². The fourth-order valence-corrected chi connectivity index (χ4v) is 2.64. The number of nitrogens with two attached hydrogens (primary N) is 1. The molecule has 0 bridgehead atoms. The second-order valence-corrected chi connectivity index (χ2v) is 6.44. The molecule has 2 rings (SSSR count). The van der Waals surface area contributed by atoms with Gasteiger partial charge in [0.1, 0.15) is 5.82 Å². The average Bonchev–Trinajstić information content (AvgIpc) is 2.51. The van der Waals surface area contributed by atoms with Gasteiger partial charge in [0.25, 0.3) is 0 Å². The Bertz CT molecular complexity index is 608. The Morgan fingerprint density at radius 2 is 1.83 bits per heavy atom. The summed E-state index contributed by atoms with van der Waals surface area (Å²) in [7, 11) is 0. The molecule has 0 radical (unpaired) electrons. The molecule has 0 saturated heterocycles. The summed E-state index contributed by atoms with van der Waals surface area (Å²) in [6.45, 7) is 7.38. The maximum Gasteiger partial charge on any atom is 0.222 e. The van der Waals surface area contributed by atoms with Crippen molar-refractivity contribution in [2.24, 2.45) is 5.92 Å². The topological polar surface area (TPSA) is 63.8 Å². The van der Waals surface area contributed by atoms with Crippen molar-refractivity contribution in [1.29, 1.82) is 0 Å². The number of nitrogens with one attached hydrogen (secondary N) is 1. The predicted molar refractivity (Wildman–Crippen MR) is 97.6 cm³/mol. The van der Waals surface area contributed by atoms with Crippen molar-refractivity contribution in [3.05, 3.63) is 47.2 Å². The van der Waals surface area contributed by atoms with E-state index in [2.05, 4.69) is 59.5 Å². The number of hydrogen-bond acceptors (Lipinski definition) is 4. The van der Waals surface area contributed by atoms with Gasteiger partial charge in [-0.3, -0.25) is 0 Å². The number of nitrogen functional groups attached to an aromatic ring is 1. The van der Waals surface area contributed by atoms with Crippen LogP contribution in [0.1, 0.15) is 43.5 Å². The summed E-state index contributed by atoms with van der Waals surface area (Å²) in [5, 5.41) is 3.46. The highest BCUT2D eigenvalue weighted by Gasteiger charge is 2.11. The number of hydrogen-bond donors (Lipinski definition) is 2. The molecule has 0 aliphatic heterocycles. The minimum absolute atomic E-state index is 0.348. The summed E-state index contributed by atoms with van der Waals surface area (Å²) < 4.78 is 0. The molecule has 0 amide bonds. The van der Waals surface area contributed by atoms with Crippen LogP contribution in [0.4, 0.5) is 11.8 Å². The molecule has 23 heavy (non-hydrogen) atoms. The second kappa shape index (κ2) is 8.51. The largest absolute Gasteiger partial charge is 0.370 e. The van der Waals surface area contributed by atoms with Crippen LogP contribution in [0.25, 0.3) is 0 Å². The summed E-state index contributed by atoms with van der Waals surface area (Å²) in [5.74, 6) is 1.92. The SMILES string of the molecule is Cc1nc(N)nc(NCCCc2ccccc2)c1CCC(C)C. The van der Waals surface area contributed by atoms with Crippen LogP contribution in [-0.2, 0) is 12.8 Å². The van der Waals surface area contributed by atoms with Crippen molar-refractivity contribution in [3.8, 4) is 0 Å². The summed E-state index contributed by atoms with van der Waals surface area (Å²) >= 11 is 0. The van der Waals surface area contributed by atoms with E-state index in [-0.39, 0.29) is 0 Å². The molecule has 0 unspecified atom stereocenters. The summed E-state index contributed by atoms with van der Waals surface area (Å²) in [5.41, 5.74) is 9.38. The van der Waals surface area contributed by atoms with Crippen molar-refractivity contribution >= 4 is 11.8 Å². The normalized spacial score (nSPS) is 11.0. The Labute approximate surface area is 139 Å². The molecule has 0 spiro atoms. The molecule has 1 aromatic carbocycles. The first-order chi connectivity index (χ1) is 11.1. The molecule has 3 N–H and O–H groups in total. The van der Waals surface area contributed by atoms with Gasteiger partial charge in [0.15, 0.2) is 0 Å². The van der Waals surface area contributed by atoms with Gasteiger partial charge in [-0.2, -0.15) is 4.98 Å². The van der Waals surface area contributed by atoms with Crippen LogP contribution >= 0.6 is 0 Å². The lowest BCUT2D eigenvalue weighted by Gasteiger charge is -2.14. The molecule has 124 valence electrons. The Morgan fingerprint density at radius 1 is 1.09 bits per heavy atom. The standard InChI is InChI=1S/C19H28N4/c1-14(2)11-12-17-15(3)22-19(20)23-18(17)21-13-7-10-16-8-5-4-6-9-16/h4-6,8-9,14H,7,10-13H2,1-3H3,(H3,20,21,22,23). The lowest BCUT2D eigenvalue weighted by molar-refractivity contribution is 0.584. The molecule has 0 fully saturated rings. The van der Waals surface area contributed by atoms with E-state index in [0.717, 1.165) is 43.7 Å². The first-order valence-corrected chi connectivity index (χ1v) is 8.47. The first-order valence-electron chi connectivity index (χ1n) is 8.47. The van der Waals surface area contributed by atoms with Gasteiger partial charge in [-0.25, -0.2) is 4.98 Å². The van der Waals surface area contributed by atoms with E-state index in [9.17, 15) is 0 Å². The van der Waals surface area contributed by atoms with E-state index in [1.807, 2.05) is 6.92 Å². The highest BCUT2D eigenvalue weighted by molar-refractivity contribution is 5.49. The Balaban J connectivity index is 1.95. The molecule has 1 heterocycles. The maximum atomic E-state index is 5.82. The predicted octanol–water partition coefficient (Wildman–Crippen LogP) is 4.00. The maximum absolute atomic E-state index is 5.82. The van der Waals surface area contributed by atoms with Crippen LogP contribution in [0.5, 0.6) is 0 Å². The van der Waals surface area contributed by atoms with E-state index >= 15 is 0 Å². The third-order valence-electron chi connectivity index (χ3n) is 3.98. The van der Waals surface area contributed by atoms with Gasteiger partial charge >= 0.3 is 0 Å².